The van der Waals surface area contributed by atoms with Crippen molar-refractivity contribution < 1.29 is 18.0 Å². The molecule has 1 N–H and O–H groups in total. The molecule has 22 heavy (non-hydrogen) atoms. The van der Waals surface area contributed by atoms with E-state index in [9.17, 15) is 18.0 Å². The van der Waals surface area contributed by atoms with Gasteiger partial charge in [-0.1, -0.05) is 11.6 Å². The molecule has 0 bridgehead atoms. The molecular weight excluding hydrogens is 323 g/mol. The first-order valence-electron chi connectivity index (χ1n) is 6.18. The highest BCUT2D eigenvalue weighted by Crippen LogP contribution is 2.35. The Morgan fingerprint density at radius 3 is 2.41 bits per heavy atom. The third-order valence-electron chi connectivity index (χ3n) is 3.00. The molecule has 0 saturated heterocycles. The fourth-order valence-corrected chi connectivity index (χ4v) is 2.36. The van der Waals surface area contributed by atoms with Gasteiger partial charge in [0.1, 0.15) is 10.7 Å². The van der Waals surface area contributed by atoms with E-state index in [2.05, 4.69) is 15.5 Å². The van der Waals surface area contributed by atoms with Crippen LogP contribution in [0, 0.1) is 6.92 Å². The number of rotatable bonds is 3. The van der Waals surface area contributed by atoms with Crippen LogP contribution >= 0.6 is 11.6 Å². The normalized spacial score (nSPS) is 11.8. The molecule has 0 aliphatic heterocycles. The van der Waals surface area contributed by atoms with Crippen LogP contribution in [-0.4, -0.2) is 25.5 Å². The molecule has 0 fully saturated rings. The van der Waals surface area contributed by atoms with Crippen molar-refractivity contribution >= 4 is 17.5 Å². The minimum absolute atomic E-state index is 0.110. The highest BCUT2D eigenvalue weighted by molar-refractivity contribution is 6.34. The number of alkyl halides is 3. The zero-order valence-corrected chi connectivity index (χ0v) is 12.7. The lowest BCUT2D eigenvalue weighted by atomic mass is 10.3. The number of halogens is 4. The second-order valence-electron chi connectivity index (χ2n) is 4.72. The van der Waals surface area contributed by atoms with Crippen molar-refractivity contribution in [2.24, 2.45) is 14.1 Å². The van der Waals surface area contributed by atoms with E-state index < -0.39 is 22.8 Å². The quantitative estimate of drug-likeness (QED) is 0.934. The highest BCUT2D eigenvalue weighted by atomic mass is 35.5. The van der Waals surface area contributed by atoms with Crippen molar-refractivity contribution in [3.63, 3.8) is 0 Å². The van der Waals surface area contributed by atoms with Gasteiger partial charge in [0, 0.05) is 14.1 Å². The molecule has 0 aromatic carbocycles. The van der Waals surface area contributed by atoms with Crippen molar-refractivity contribution in [1.82, 2.24) is 24.9 Å². The van der Waals surface area contributed by atoms with Crippen LogP contribution in [0.2, 0.25) is 5.02 Å². The van der Waals surface area contributed by atoms with E-state index in [1.807, 2.05) is 0 Å². The number of hydrogen-bond donors (Lipinski definition) is 1. The summed E-state index contributed by atoms with van der Waals surface area (Å²) in [6.07, 6.45) is -4.72. The second-order valence-corrected chi connectivity index (χ2v) is 5.09. The van der Waals surface area contributed by atoms with Crippen LogP contribution in [0.3, 0.4) is 0 Å². The average molecular weight is 336 g/mol. The molecule has 120 valence electrons. The lowest BCUT2D eigenvalue weighted by molar-refractivity contribution is -0.141. The Morgan fingerprint density at radius 2 is 1.95 bits per heavy atom. The van der Waals surface area contributed by atoms with Gasteiger partial charge < -0.3 is 5.32 Å². The second kappa shape index (κ2) is 5.64. The minimum Gasteiger partial charge on any atom is -0.345 e. The summed E-state index contributed by atoms with van der Waals surface area (Å²) >= 11 is 5.64. The van der Waals surface area contributed by atoms with Gasteiger partial charge in [-0.05, 0) is 13.0 Å². The van der Waals surface area contributed by atoms with E-state index in [0.29, 0.717) is 5.69 Å². The average Bonchev–Trinajstić information content (AvgIpc) is 2.85. The number of nitrogens with zero attached hydrogens (tertiary/aromatic N) is 4. The molecule has 2 rings (SSSR count). The summed E-state index contributed by atoms with van der Waals surface area (Å²) in [6, 6.07) is 1.76. The molecule has 6 nitrogen and oxygen atoms in total. The third-order valence-corrected chi connectivity index (χ3v) is 3.36. The molecule has 0 radical (unpaired) electrons. The van der Waals surface area contributed by atoms with Gasteiger partial charge in [-0.2, -0.15) is 23.4 Å². The SMILES string of the molecule is Cc1cc(CNC(=O)c2c(Cl)c(C(F)(F)F)nn2C)n(C)n1. The predicted molar refractivity (Wildman–Crippen MR) is 72.3 cm³/mol. The number of carbonyl (C=O) groups excluding carboxylic acids is 1. The Bertz CT molecular complexity index is 719. The predicted octanol–water partition coefficient (Wildman–Crippen LogP) is 2.06. The molecule has 2 aromatic heterocycles. The minimum atomic E-state index is -4.72. The summed E-state index contributed by atoms with van der Waals surface area (Å²) < 4.78 is 40.5. The molecule has 2 aromatic rings. The number of nitrogens with one attached hydrogen (secondary N) is 1. The Kier molecular flexibility index (Phi) is 4.19. The van der Waals surface area contributed by atoms with E-state index in [-0.39, 0.29) is 12.2 Å². The zero-order chi connectivity index (χ0) is 16.7. The van der Waals surface area contributed by atoms with Gasteiger partial charge in [0.2, 0.25) is 0 Å². The van der Waals surface area contributed by atoms with Gasteiger partial charge in [-0.25, -0.2) is 0 Å². The zero-order valence-electron chi connectivity index (χ0n) is 12.0. The largest absolute Gasteiger partial charge is 0.436 e. The Morgan fingerprint density at radius 1 is 1.32 bits per heavy atom. The van der Waals surface area contributed by atoms with Crippen LogP contribution in [0.4, 0.5) is 13.2 Å². The number of carbonyl (C=O) groups is 1. The highest BCUT2D eigenvalue weighted by Gasteiger charge is 2.39. The standard InChI is InChI=1S/C12H13ClF3N5O/c1-6-4-7(20(2)18-6)5-17-11(22)9-8(13)10(12(14,15)16)19-21(9)3/h4H,5H2,1-3H3,(H,17,22). The van der Waals surface area contributed by atoms with Crippen molar-refractivity contribution in [3.05, 3.63) is 33.9 Å². The van der Waals surface area contributed by atoms with Crippen LogP contribution in [0.1, 0.15) is 27.6 Å². The monoisotopic (exact) mass is 335 g/mol. The molecule has 0 unspecified atom stereocenters. The van der Waals surface area contributed by atoms with Crippen molar-refractivity contribution in [2.45, 2.75) is 19.6 Å². The first-order chi connectivity index (χ1) is 10.1. The van der Waals surface area contributed by atoms with E-state index in [0.717, 1.165) is 10.4 Å². The topological polar surface area (TPSA) is 64.7 Å². The number of amides is 1. The lowest BCUT2D eigenvalue weighted by Gasteiger charge is -2.06. The lowest BCUT2D eigenvalue weighted by Crippen LogP contribution is -2.26. The molecule has 0 atom stereocenters. The summed E-state index contributed by atoms with van der Waals surface area (Å²) in [5.41, 5.74) is -0.143. The molecule has 0 aliphatic carbocycles. The summed E-state index contributed by atoms with van der Waals surface area (Å²) in [4.78, 5) is 12.1. The summed E-state index contributed by atoms with van der Waals surface area (Å²) in [6.45, 7) is 1.90. The van der Waals surface area contributed by atoms with Gasteiger partial charge >= 0.3 is 6.18 Å². The van der Waals surface area contributed by atoms with Crippen LogP contribution in [0.15, 0.2) is 6.07 Å². The number of hydrogen-bond acceptors (Lipinski definition) is 3. The maximum atomic E-state index is 12.7. The molecule has 2 heterocycles. The molecule has 1 amide bonds. The van der Waals surface area contributed by atoms with Gasteiger partial charge in [-0.15, -0.1) is 0 Å². The fourth-order valence-electron chi connectivity index (χ4n) is 2.01. The first-order valence-corrected chi connectivity index (χ1v) is 6.56. The first kappa shape index (κ1) is 16.3. The smallest absolute Gasteiger partial charge is 0.345 e. The molecule has 0 spiro atoms. The van der Waals surface area contributed by atoms with Crippen LogP contribution in [0.25, 0.3) is 0 Å². The summed E-state index contributed by atoms with van der Waals surface area (Å²) in [5.74, 6) is -0.741. The van der Waals surface area contributed by atoms with Crippen LogP contribution in [-0.2, 0) is 26.8 Å². The molecule has 0 aliphatic rings. The Labute approximate surface area is 128 Å². The van der Waals surface area contributed by atoms with E-state index in [1.165, 1.54) is 7.05 Å². The maximum Gasteiger partial charge on any atom is 0.436 e. The summed E-state index contributed by atoms with van der Waals surface area (Å²) in [7, 11) is 2.93. The number of aromatic nitrogens is 4. The van der Waals surface area contributed by atoms with E-state index >= 15 is 0 Å². The van der Waals surface area contributed by atoms with Crippen molar-refractivity contribution in [3.8, 4) is 0 Å². The van der Waals surface area contributed by atoms with Crippen LogP contribution < -0.4 is 5.32 Å². The Balaban J connectivity index is 2.20. The summed E-state index contributed by atoms with van der Waals surface area (Å²) in [5, 5.41) is 9.16. The third kappa shape index (κ3) is 3.08. The van der Waals surface area contributed by atoms with Gasteiger partial charge in [0.25, 0.3) is 5.91 Å². The number of aryl methyl sites for hydroxylation is 3. The van der Waals surface area contributed by atoms with Crippen LogP contribution in [0.5, 0.6) is 0 Å². The molecule has 10 heteroatoms. The fraction of sp³-hybridized carbons (Fsp3) is 0.417. The van der Waals surface area contributed by atoms with Crippen molar-refractivity contribution in [1.29, 1.82) is 0 Å². The van der Waals surface area contributed by atoms with E-state index in [1.54, 1.807) is 24.7 Å². The van der Waals surface area contributed by atoms with Crippen molar-refractivity contribution in [2.75, 3.05) is 0 Å². The molecular formula is C12H13ClF3N5O. The van der Waals surface area contributed by atoms with Gasteiger partial charge in [0.05, 0.1) is 17.9 Å². The van der Waals surface area contributed by atoms with E-state index in [4.69, 9.17) is 11.6 Å². The van der Waals surface area contributed by atoms with Gasteiger partial charge in [0.15, 0.2) is 5.69 Å². The maximum absolute atomic E-state index is 12.7. The molecule has 0 saturated carbocycles. The Hall–Kier alpha value is -2.03. The van der Waals surface area contributed by atoms with Gasteiger partial charge in [-0.3, -0.25) is 14.2 Å².